The van der Waals surface area contributed by atoms with E-state index in [1.54, 1.807) is 26.1 Å². The van der Waals surface area contributed by atoms with Gasteiger partial charge in [-0.15, -0.1) is 0 Å². The zero-order valence-electron chi connectivity index (χ0n) is 16.3. The lowest BCUT2D eigenvalue weighted by Gasteiger charge is -2.04. The summed E-state index contributed by atoms with van der Waals surface area (Å²) in [5, 5.41) is 7.19. The van der Waals surface area contributed by atoms with Gasteiger partial charge in [-0.05, 0) is 30.7 Å². The first kappa shape index (κ1) is 18.7. The summed E-state index contributed by atoms with van der Waals surface area (Å²) in [5.41, 5.74) is 2.60. The van der Waals surface area contributed by atoms with Crippen molar-refractivity contribution < 1.29 is 4.79 Å². The molecule has 148 valence electrons. The first-order chi connectivity index (χ1) is 14.2. The summed E-state index contributed by atoms with van der Waals surface area (Å²) in [7, 11) is 0. The highest BCUT2D eigenvalue weighted by Gasteiger charge is 2.14. The van der Waals surface area contributed by atoms with Crippen LogP contribution >= 0.6 is 0 Å². The molecule has 1 N–H and O–H groups in total. The minimum atomic E-state index is -0.178. The van der Waals surface area contributed by atoms with Crippen LogP contribution in [0.2, 0.25) is 0 Å². The van der Waals surface area contributed by atoms with E-state index in [1.165, 1.54) is 0 Å². The molecule has 2 aromatic heterocycles. The van der Waals surface area contributed by atoms with Crippen LogP contribution in [0.1, 0.15) is 19.8 Å². The Hall–Kier alpha value is -3.61. The first-order valence-electron chi connectivity index (χ1n) is 9.76. The summed E-state index contributed by atoms with van der Waals surface area (Å²) in [6, 6.07) is 19.1. The molecule has 0 aliphatic rings. The SMILES string of the molecule is CCCn1c(=O)n(CCC(=O)Nc2ccn(-c3ccccc3)n2)c2ccccc21. The average molecular weight is 389 g/mol. The van der Waals surface area contributed by atoms with E-state index < -0.39 is 0 Å². The third-order valence-corrected chi connectivity index (χ3v) is 4.81. The second-order valence-electron chi connectivity index (χ2n) is 6.85. The molecule has 0 saturated heterocycles. The van der Waals surface area contributed by atoms with E-state index in [0.29, 0.717) is 18.9 Å². The zero-order valence-corrected chi connectivity index (χ0v) is 16.3. The minimum Gasteiger partial charge on any atom is -0.309 e. The molecule has 4 rings (SSSR count). The van der Waals surface area contributed by atoms with Crippen LogP contribution in [0.4, 0.5) is 5.82 Å². The smallest absolute Gasteiger partial charge is 0.309 e. The van der Waals surface area contributed by atoms with Crippen molar-refractivity contribution in [3.05, 3.63) is 77.3 Å². The second-order valence-corrected chi connectivity index (χ2v) is 6.85. The van der Waals surface area contributed by atoms with Crippen molar-refractivity contribution in [3.63, 3.8) is 0 Å². The molecule has 0 spiro atoms. The Morgan fingerprint density at radius 3 is 2.28 bits per heavy atom. The van der Waals surface area contributed by atoms with E-state index in [0.717, 1.165) is 23.1 Å². The number of imidazole rings is 1. The van der Waals surface area contributed by atoms with Crippen LogP contribution < -0.4 is 11.0 Å². The van der Waals surface area contributed by atoms with Gasteiger partial charge in [0.05, 0.1) is 16.7 Å². The third-order valence-electron chi connectivity index (χ3n) is 4.81. The number of nitrogens with one attached hydrogen (secondary N) is 1. The van der Waals surface area contributed by atoms with E-state index in [9.17, 15) is 9.59 Å². The Morgan fingerprint density at radius 2 is 1.59 bits per heavy atom. The summed E-state index contributed by atoms with van der Waals surface area (Å²) in [5.74, 6) is 0.308. The molecule has 7 nitrogen and oxygen atoms in total. The molecule has 4 aromatic rings. The maximum Gasteiger partial charge on any atom is 0.329 e. The Labute approximate surface area is 168 Å². The summed E-state index contributed by atoms with van der Waals surface area (Å²) < 4.78 is 5.15. The van der Waals surface area contributed by atoms with Crippen LogP contribution in [0.15, 0.2) is 71.7 Å². The number of benzene rings is 2. The summed E-state index contributed by atoms with van der Waals surface area (Å²) >= 11 is 0. The van der Waals surface area contributed by atoms with Gasteiger partial charge in [0.25, 0.3) is 0 Å². The standard InChI is InChI=1S/C22H23N5O2/c1-2-14-25-18-10-6-7-11-19(18)26(22(25)29)15-13-21(28)23-20-12-16-27(24-20)17-8-4-3-5-9-17/h3-12,16H,2,13-15H2,1H3,(H,23,24,28). The molecule has 0 aliphatic carbocycles. The first-order valence-corrected chi connectivity index (χ1v) is 9.76. The fraction of sp³-hybridized carbons (Fsp3) is 0.227. The number of aryl methyl sites for hydroxylation is 2. The topological polar surface area (TPSA) is 73.8 Å². The lowest BCUT2D eigenvalue weighted by Crippen LogP contribution is -2.26. The molecule has 2 aromatic carbocycles. The molecule has 1 amide bonds. The highest BCUT2D eigenvalue weighted by atomic mass is 16.2. The second kappa shape index (κ2) is 8.18. The third kappa shape index (κ3) is 3.85. The van der Waals surface area contributed by atoms with Gasteiger partial charge in [-0.2, -0.15) is 5.10 Å². The van der Waals surface area contributed by atoms with Gasteiger partial charge in [-0.25, -0.2) is 9.48 Å². The number of nitrogens with zero attached hydrogens (tertiary/aromatic N) is 4. The Kier molecular flexibility index (Phi) is 5.29. The fourth-order valence-electron chi connectivity index (χ4n) is 3.46. The van der Waals surface area contributed by atoms with Crippen LogP contribution in [-0.4, -0.2) is 24.8 Å². The number of anilines is 1. The van der Waals surface area contributed by atoms with Gasteiger partial charge in [0, 0.05) is 31.8 Å². The number of carbonyl (C=O) groups excluding carboxylic acids is 1. The number of rotatable bonds is 7. The molecular formula is C22H23N5O2. The maximum atomic E-state index is 12.8. The molecule has 0 radical (unpaired) electrons. The van der Waals surface area contributed by atoms with Gasteiger partial charge >= 0.3 is 5.69 Å². The number of amides is 1. The molecule has 0 bridgehead atoms. The normalized spacial score (nSPS) is 11.1. The van der Waals surface area contributed by atoms with Gasteiger partial charge in [-0.3, -0.25) is 13.9 Å². The quantitative estimate of drug-likeness (QED) is 0.526. The Bertz CT molecular complexity index is 1190. The van der Waals surface area contributed by atoms with Gasteiger partial charge < -0.3 is 5.32 Å². The van der Waals surface area contributed by atoms with Crippen LogP contribution in [-0.2, 0) is 17.9 Å². The molecule has 0 atom stereocenters. The van der Waals surface area contributed by atoms with Crippen LogP contribution in [0.5, 0.6) is 0 Å². The number of fused-ring (bicyclic) bond motifs is 1. The van der Waals surface area contributed by atoms with Crippen LogP contribution in [0.3, 0.4) is 0 Å². The maximum absolute atomic E-state index is 12.8. The van der Waals surface area contributed by atoms with Crippen molar-refractivity contribution in [1.82, 2.24) is 18.9 Å². The van der Waals surface area contributed by atoms with Gasteiger partial charge in [0.15, 0.2) is 5.82 Å². The molecule has 0 aliphatic heterocycles. The zero-order chi connectivity index (χ0) is 20.2. The monoisotopic (exact) mass is 389 g/mol. The molecule has 0 unspecified atom stereocenters. The molecule has 0 saturated carbocycles. The highest BCUT2D eigenvalue weighted by Crippen LogP contribution is 2.14. The number of aromatic nitrogens is 4. The fourth-order valence-corrected chi connectivity index (χ4v) is 3.46. The molecule has 0 fully saturated rings. The van der Waals surface area contributed by atoms with Crippen molar-refractivity contribution in [2.45, 2.75) is 32.9 Å². The van der Waals surface area contributed by atoms with Crippen molar-refractivity contribution in [3.8, 4) is 5.69 Å². The van der Waals surface area contributed by atoms with E-state index in [2.05, 4.69) is 10.4 Å². The van der Waals surface area contributed by atoms with Crippen molar-refractivity contribution in [2.24, 2.45) is 0 Å². The predicted octanol–water partition coefficient (Wildman–Crippen LogP) is 3.43. The average Bonchev–Trinajstić information content (AvgIpc) is 3.31. The van der Waals surface area contributed by atoms with Gasteiger partial charge in [0.2, 0.25) is 5.91 Å². The largest absolute Gasteiger partial charge is 0.329 e. The highest BCUT2D eigenvalue weighted by molar-refractivity contribution is 5.89. The van der Waals surface area contributed by atoms with Crippen molar-refractivity contribution >= 4 is 22.8 Å². The molecular weight excluding hydrogens is 366 g/mol. The lowest BCUT2D eigenvalue weighted by atomic mass is 10.3. The van der Waals surface area contributed by atoms with E-state index in [-0.39, 0.29) is 18.0 Å². The summed E-state index contributed by atoms with van der Waals surface area (Å²) in [4.78, 5) is 25.2. The van der Waals surface area contributed by atoms with Crippen molar-refractivity contribution in [1.29, 1.82) is 0 Å². The van der Waals surface area contributed by atoms with Crippen molar-refractivity contribution in [2.75, 3.05) is 5.32 Å². The van der Waals surface area contributed by atoms with Crippen LogP contribution in [0.25, 0.3) is 16.7 Å². The summed E-state index contributed by atoms with van der Waals surface area (Å²) in [6.45, 7) is 3.03. The lowest BCUT2D eigenvalue weighted by molar-refractivity contribution is -0.116. The van der Waals surface area contributed by atoms with Crippen LogP contribution in [0, 0.1) is 0 Å². The number of hydrogen-bond acceptors (Lipinski definition) is 3. The van der Waals surface area contributed by atoms with Gasteiger partial charge in [0.1, 0.15) is 0 Å². The Balaban J connectivity index is 1.46. The summed E-state index contributed by atoms with van der Waals surface area (Å²) in [6.07, 6.45) is 2.87. The molecule has 7 heteroatoms. The Morgan fingerprint density at radius 1 is 0.931 bits per heavy atom. The predicted molar refractivity (Wildman–Crippen MR) is 113 cm³/mol. The van der Waals surface area contributed by atoms with E-state index in [4.69, 9.17) is 0 Å². The number of hydrogen-bond donors (Lipinski definition) is 1. The number of para-hydroxylation sites is 3. The van der Waals surface area contributed by atoms with Gasteiger partial charge in [-0.1, -0.05) is 37.3 Å². The minimum absolute atomic E-state index is 0.0748. The molecule has 2 heterocycles. The van der Waals surface area contributed by atoms with E-state index >= 15 is 0 Å². The van der Waals surface area contributed by atoms with E-state index in [1.807, 2.05) is 61.5 Å². The molecule has 29 heavy (non-hydrogen) atoms. The number of carbonyl (C=O) groups is 1.